The predicted octanol–water partition coefficient (Wildman–Crippen LogP) is 3.38. The fourth-order valence-electron chi connectivity index (χ4n) is 1.88. The Labute approximate surface area is 127 Å². The van der Waals surface area contributed by atoms with Gasteiger partial charge in [-0.25, -0.2) is 0 Å². The Morgan fingerprint density at radius 3 is 2.55 bits per heavy atom. The fraction of sp³-hybridized carbons (Fsp3) is 0.267. The van der Waals surface area contributed by atoms with Gasteiger partial charge in [-0.2, -0.15) is 0 Å². The molecule has 0 N–H and O–H groups in total. The number of hydrogen-bond donors (Lipinski definition) is 0. The van der Waals surface area contributed by atoms with Gasteiger partial charge in [-0.3, -0.25) is 4.79 Å². The highest BCUT2D eigenvalue weighted by Crippen LogP contribution is 2.18. The van der Waals surface area contributed by atoms with Gasteiger partial charge in [-0.15, -0.1) is 0 Å². The van der Waals surface area contributed by atoms with Crippen LogP contribution in [-0.2, 0) is 6.54 Å². The molecule has 0 radical (unpaired) electrons. The Bertz CT molecular complexity index is 607. The molecule has 20 heavy (non-hydrogen) atoms. The molecule has 2 aromatic rings. The van der Waals surface area contributed by atoms with Crippen LogP contribution < -0.4 is 4.90 Å². The number of carbonyl (C=O) groups excluding carboxylic acids is 1. The molecule has 0 aliphatic carbocycles. The van der Waals surface area contributed by atoms with Crippen LogP contribution in [0.3, 0.4) is 0 Å². The first-order chi connectivity index (χ1) is 9.47. The molecule has 0 saturated heterocycles. The summed E-state index contributed by atoms with van der Waals surface area (Å²) in [5.74, 6) is 0.720. The first-order valence-corrected chi connectivity index (χ1v) is 7.04. The van der Waals surface area contributed by atoms with Gasteiger partial charge >= 0.3 is 0 Å². The molecule has 0 fully saturated rings. The summed E-state index contributed by atoms with van der Waals surface area (Å²) in [4.78, 5) is 16.0. The molecule has 2 rings (SSSR count). The van der Waals surface area contributed by atoms with E-state index >= 15 is 0 Å². The van der Waals surface area contributed by atoms with Gasteiger partial charge in [0.25, 0.3) is 5.91 Å². The molecule has 0 aliphatic heterocycles. The second-order valence-electron chi connectivity index (χ2n) is 4.81. The second-order valence-corrected chi connectivity index (χ2v) is 5.59. The van der Waals surface area contributed by atoms with Crippen molar-refractivity contribution >= 4 is 27.5 Å². The van der Waals surface area contributed by atoms with E-state index in [2.05, 4.69) is 15.9 Å². The van der Waals surface area contributed by atoms with E-state index in [-0.39, 0.29) is 5.91 Å². The van der Waals surface area contributed by atoms with Crippen molar-refractivity contribution in [2.75, 3.05) is 26.0 Å². The van der Waals surface area contributed by atoms with Gasteiger partial charge in [0.1, 0.15) is 5.76 Å². The third-order valence-electron chi connectivity index (χ3n) is 2.98. The monoisotopic (exact) mass is 336 g/mol. The molecule has 1 aromatic heterocycles. The highest BCUT2D eigenvalue weighted by atomic mass is 79.9. The highest BCUT2D eigenvalue weighted by Gasteiger charge is 2.14. The van der Waals surface area contributed by atoms with Crippen LogP contribution in [0.2, 0.25) is 0 Å². The maximum Gasteiger partial charge on any atom is 0.254 e. The van der Waals surface area contributed by atoms with Crippen molar-refractivity contribution in [1.29, 1.82) is 0 Å². The largest absolute Gasteiger partial charge is 0.452 e. The van der Waals surface area contributed by atoms with Crippen molar-refractivity contribution in [2.24, 2.45) is 0 Å². The third-order valence-corrected chi connectivity index (χ3v) is 3.40. The average molecular weight is 337 g/mol. The molecule has 106 valence electrons. The average Bonchev–Trinajstić information content (AvgIpc) is 2.83. The fourth-order valence-corrected chi connectivity index (χ4v) is 2.22. The number of rotatable bonds is 4. The van der Waals surface area contributed by atoms with Gasteiger partial charge in [-0.1, -0.05) is 6.07 Å². The second kappa shape index (κ2) is 6.13. The molecule has 4 nitrogen and oxygen atoms in total. The normalized spacial score (nSPS) is 10.4. The molecule has 0 spiro atoms. The summed E-state index contributed by atoms with van der Waals surface area (Å²) in [5.41, 5.74) is 1.68. The van der Waals surface area contributed by atoms with Gasteiger partial charge in [0, 0.05) is 32.4 Å². The Kier molecular flexibility index (Phi) is 4.49. The lowest BCUT2D eigenvalue weighted by atomic mass is 10.1. The Hall–Kier alpha value is -1.75. The van der Waals surface area contributed by atoms with Crippen LogP contribution in [0.5, 0.6) is 0 Å². The summed E-state index contributed by atoms with van der Waals surface area (Å²) in [5, 5.41) is 0. The molecule has 0 saturated carbocycles. The van der Waals surface area contributed by atoms with Crippen molar-refractivity contribution in [1.82, 2.24) is 4.90 Å². The van der Waals surface area contributed by atoms with E-state index in [9.17, 15) is 4.79 Å². The van der Waals surface area contributed by atoms with Crippen LogP contribution >= 0.6 is 15.9 Å². The zero-order valence-corrected chi connectivity index (χ0v) is 13.3. The van der Waals surface area contributed by atoms with Crippen LogP contribution in [-0.4, -0.2) is 32.0 Å². The van der Waals surface area contributed by atoms with Crippen LogP contribution in [0.1, 0.15) is 16.1 Å². The van der Waals surface area contributed by atoms with Gasteiger partial charge in [0.15, 0.2) is 4.67 Å². The van der Waals surface area contributed by atoms with Crippen molar-refractivity contribution < 1.29 is 9.21 Å². The minimum absolute atomic E-state index is 0.0266. The number of amides is 1. The van der Waals surface area contributed by atoms with Crippen LogP contribution in [0.4, 0.5) is 5.69 Å². The molecular weight excluding hydrogens is 320 g/mol. The summed E-state index contributed by atoms with van der Waals surface area (Å²) < 4.78 is 6.09. The van der Waals surface area contributed by atoms with Crippen LogP contribution in [0.25, 0.3) is 0 Å². The Morgan fingerprint density at radius 1 is 1.20 bits per heavy atom. The number of carbonyl (C=O) groups is 1. The van der Waals surface area contributed by atoms with Crippen molar-refractivity contribution in [3.8, 4) is 0 Å². The summed E-state index contributed by atoms with van der Waals surface area (Å²) in [6.45, 7) is 0.441. The minimum atomic E-state index is -0.0266. The Morgan fingerprint density at radius 2 is 1.95 bits per heavy atom. The summed E-state index contributed by atoms with van der Waals surface area (Å²) >= 11 is 3.25. The van der Waals surface area contributed by atoms with Crippen LogP contribution in [0.15, 0.2) is 45.5 Å². The number of anilines is 1. The number of hydrogen-bond acceptors (Lipinski definition) is 3. The number of halogens is 1. The number of benzene rings is 1. The van der Waals surface area contributed by atoms with E-state index in [4.69, 9.17) is 4.42 Å². The van der Waals surface area contributed by atoms with E-state index in [1.54, 1.807) is 11.9 Å². The SMILES string of the molecule is CN(Cc1ccc(Br)o1)C(=O)c1cccc(N(C)C)c1. The molecule has 5 heteroatoms. The molecular formula is C15H17BrN2O2. The van der Waals surface area contributed by atoms with Gasteiger partial charge < -0.3 is 14.2 Å². The molecule has 0 bridgehead atoms. The minimum Gasteiger partial charge on any atom is -0.452 e. The molecule has 0 aliphatic rings. The van der Waals surface area contributed by atoms with Gasteiger partial charge in [-0.05, 0) is 46.3 Å². The predicted molar refractivity (Wildman–Crippen MR) is 83.0 cm³/mol. The lowest BCUT2D eigenvalue weighted by Crippen LogP contribution is -2.26. The van der Waals surface area contributed by atoms with Crippen molar-refractivity contribution in [3.05, 3.63) is 52.4 Å². The lowest BCUT2D eigenvalue weighted by molar-refractivity contribution is 0.0775. The van der Waals surface area contributed by atoms with Gasteiger partial charge in [0.2, 0.25) is 0 Å². The van der Waals surface area contributed by atoms with Crippen LogP contribution in [0, 0.1) is 0 Å². The molecule has 0 atom stereocenters. The third kappa shape index (κ3) is 3.42. The first-order valence-electron chi connectivity index (χ1n) is 6.24. The first kappa shape index (κ1) is 14.7. The summed E-state index contributed by atoms with van der Waals surface area (Å²) in [6.07, 6.45) is 0. The van der Waals surface area contributed by atoms with Crippen molar-refractivity contribution in [2.45, 2.75) is 6.54 Å². The quantitative estimate of drug-likeness (QED) is 0.858. The topological polar surface area (TPSA) is 36.7 Å². The smallest absolute Gasteiger partial charge is 0.254 e. The maximum atomic E-state index is 12.4. The van der Waals surface area contributed by atoms with E-state index in [1.807, 2.05) is 55.4 Å². The molecule has 1 amide bonds. The van der Waals surface area contributed by atoms with E-state index in [1.165, 1.54) is 0 Å². The molecule has 1 heterocycles. The maximum absolute atomic E-state index is 12.4. The van der Waals surface area contributed by atoms with E-state index < -0.39 is 0 Å². The zero-order valence-electron chi connectivity index (χ0n) is 11.8. The van der Waals surface area contributed by atoms with Gasteiger partial charge in [0.05, 0.1) is 6.54 Å². The zero-order chi connectivity index (χ0) is 14.7. The standard InChI is InChI=1S/C15H17BrN2O2/c1-17(2)12-6-4-5-11(9-12)15(19)18(3)10-13-7-8-14(16)20-13/h4-9H,10H2,1-3H3. The molecule has 1 aromatic carbocycles. The summed E-state index contributed by atoms with van der Waals surface area (Å²) in [7, 11) is 5.67. The summed E-state index contributed by atoms with van der Waals surface area (Å²) in [6, 6.07) is 11.2. The number of furan rings is 1. The molecule has 0 unspecified atom stereocenters. The van der Waals surface area contributed by atoms with E-state index in [0.29, 0.717) is 16.8 Å². The highest BCUT2D eigenvalue weighted by molar-refractivity contribution is 9.10. The lowest BCUT2D eigenvalue weighted by Gasteiger charge is -2.18. The van der Waals surface area contributed by atoms with Crippen molar-refractivity contribution in [3.63, 3.8) is 0 Å². The van der Waals surface area contributed by atoms with E-state index in [0.717, 1.165) is 11.4 Å². The number of nitrogens with zero attached hydrogens (tertiary/aromatic N) is 2. The Balaban J connectivity index is 2.12.